The summed E-state index contributed by atoms with van der Waals surface area (Å²) in [6, 6.07) is 0.266. The molecule has 2 unspecified atom stereocenters. The van der Waals surface area contributed by atoms with Gasteiger partial charge in [0.25, 0.3) is 0 Å². The second-order valence-corrected chi connectivity index (χ2v) is 5.48. The van der Waals surface area contributed by atoms with E-state index in [9.17, 15) is 0 Å². The molecule has 0 radical (unpaired) electrons. The number of hydrogen-bond donors (Lipinski definition) is 1. The van der Waals surface area contributed by atoms with Crippen molar-refractivity contribution >= 4 is 0 Å². The van der Waals surface area contributed by atoms with Crippen molar-refractivity contribution in [3.63, 3.8) is 0 Å². The molecular formula is C13H27NO. The Morgan fingerprint density at radius 2 is 1.80 bits per heavy atom. The Morgan fingerprint density at radius 1 is 1.20 bits per heavy atom. The Hall–Kier alpha value is -0.0800. The third-order valence-corrected chi connectivity index (χ3v) is 3.38. The molecule has 2 N–H and O–H groups in total. The van der Waals surface area contributed by atoms with Gasteiger partial charge in [-0.05, 0) is 38.0 Å². The highest BCUT2D eigenvalue weighted by molar-refractivity contribution is 4.77. The zero-order valence-corrected chi connectivity index (χ0v) is 10.5. The second-order valence-electron chi connectivity index (χ2n) is 5.48. The Balaban J connectivity index is 2.12. The molecule has 1 aliphatic carbocycles. The fourth-order valence-electron chi connectivity index (χ4n) is 2.53. The maximum absolute atomic E-state index is 6.13. The highest BCUT2D eigenvalue weighted by Crippen LogP contribution is 2.27. The van der Waals surface area contributed by atoms with Crippen LogP contribution in [-0.2, 0) is 4.74 Å². The summed E-state index contributed by atoms with van der Waals surface area (Å²) in [6.45, 7) is 7.37. The van der Waals surface area contributed by atoms with Crippen molar-refractivity contribution in [2.24, 2.45) is 17.6 Å². The molecule has 2 atom stereocenters. The van der Waals surface area contributed by atoms with Gasteiger partial charge < -0.3 is 10.5 Å². The number of hydrogen-bond acceptors (Lipinski definition) is 2. The molecule has 0 aliphatic heterocycles. The van der Waals surface area contributed by atoms with Gasteiger partial charge in [0, 0.05) is 6.04 Å². The predicted molar refractivity (Wildman–Crippen MR) is 64.8 cm³/mol. The number of ether oxygens (including phenoxy) is 1. The summed E-state index contributed by atoms with van der Waals surface area (Å²) in [4.78, 5) is 0. The first-order chi connectivity index (χ1) is 7.09. The van der Waals surface area contributed by atoms with E-state index < -0.39 is 0 Å². The van der Waals surface area contributed by atoms with E-state index in [-0.39, 0.29) is 6.04 Å². The minimum atomic E-state index is 0.266. The quantitative estimate of drug-likeness (QED) is 0.736. The lowest BCUT2D eigenvalue weighted by Gasteiger charge is -2.22. The van der Waals surface area contributed by atoms with Crippen LogP contribution in [0.5, 0.6) is 0 Å². The molecule has 0 amide bonds. The second kappa shape index (κ2) is 6.49. The van der Waals surface area contributed by atoms with Crippen molar-refractivity contribution in [2.45, 2.75) is 65.0 Å². The molecule has 90 valence electrons. The average molecular weight is 213 g/mol. The standard InChI is InChI=1S/C13H27NO/c1-10(2)8-11(3)15-9-13(14)12-6-4-5-7-12/h10-13H,4-9,14H2,1-3H3. The molecule has 0 bridgehead atoms. The third kappa shape index (κ3) is 4.98. The van der Waals surface area contributed by atoms with Crippen LogP contribution < -0.4 is 5.73 Å². The predicted octanol–water partition coefficient (Wildman–Crippen LogP) is 2.96. The summed E-state index contributed by atoms with van der Waals surface area (Å²) in [5, 5.41) is 0. The van der Waals surface area contributed by atoms with Crippen LogP contribution in [0.1, 0.15) is 52.9 Å². The van der Waals surface area contributed by atoms with Gasteiger partial charge >= 0.3 is 0 Å². The van der Waals surface area contributed by atoms with E-state index in [1.807, 2.05) is 0 Å². The van der Waals surface area contributed by atoms with Crippen molar-refractivity contribution in [1.82, 2.24) is 0 Å². The molecule has 0 aromatic heterocycles. The smallest absolute Gasteiger partial charge is 0.0623 e. The van der Waals surface area contributed by atoms with Gasteiger partial charge in [0.2, 0.25) is 0 Å². The highest BCUT2D eigenvalue weighted by Gasteiger charge is 2.22. The fourth-order valence-corrected chi connectivity index (χ4v) is 2.53. The van der Waals surface area contributed by atoms with E-state index in [2.05, 4.69) is 20.8 Å². The van der Waals surface area contributed by atoms with Gasteiger partial charge in [-0.2, -0.15) is 0 Å². The normalized spacial score (nSPS) is 22.2. The van der Waals surface area contributed by atoms with Gasteiger partial charge in [0.05, 0.1) is 12.7 Å². The minimum Gasteiger partial charge on any atom is -0.377 e. The van der Waals surface area contributed by atoms with Crippen molar-refractivity contribution < 1.29 is 4.74 Å². The monoisotopic (exact) mass is 213 g/mol. The van der Waals surface area contributed by atoms with Crippen LogP contribution in [0.4, 0.5) is 0 Å². The number of rotatable bonds is 6. The summed E-state index contributed by atoms with van der Waals surface area (Å²) in [5.74, 6) is 1.43. The molecule has 0 heterocycles. The summed E-state index contributed by atoms with van der Waals surface area (Å²) in [7, 11) is 0. The molecule has 1 fully saturated rings. The van der Waals surface area contributed by atoms with E-state index in [4.69, 9.17) is 10.5 Å². The molecule has 15 heavy (non-hydrogen) atoms. The van der Waals surface area contributed by atoms with Crippen molar-refractivity contribution in [3.8, 4) is 0 Å². The molecule has 1 aliphatic rings. The van der Waals surface area contributed by atoms with Gasteiger partial charge in [-0.1, -0.05) is 26.7 Å². The van der Waals surface area contributed by atoms with Gasteiger partial charge in [0.15, 0.2) is 0 Å². The molecule has 2 nitrogen and oxygen atoms in total. The summed E-state index contributed by atoms with van der Waals surface area (Å²) < 4.78 is 5.80. The van der Waals surface area contributed by atoms with E-state index in [1.165, 1.54) is 25.7 Å². The maximum atomic E-state index is 6.13. The molecule has 2 heteroatoms. The Kier molecular flexibility index (Phi) is 5.62. The van der Waals surface area contributed by atoms with Gasteiger partial charge in [-0.15, -0.1) is 0 Å². The van der Waals surface area contributed by atoms with Crippen LogP contribution >= 0.6 is 0 Å². The summed E-state index contributed by atoms with van der Waals surface area (Å²) in [5.41, 5.74) is 6.13. The van der Waals surface area contributed by atoms with Crippen molar-refractivity contribution in [1.29, 1.82) is 0 Å². The lowest BCUT2D eigenvalue weighted by atomic mass is 10.00. The Bertz CT molecular complexity index is 164. The molecular weight excluding hydrogens is 186 g/mol. The molecule has 0 aromatic carbocycles. The van der Waals surface area contributed by atoms with Crippen LogP contribution in [0.15, 0.2) is 0 Å². The topological polar surface area (TPSA) is 35.2 Å². The van der Waals surface area contributed by atoms with Gasteiger partial charge in [-0.25, -0.2) is 0 Å². The molecule has 1 saturated carbocycles. The van der Waals surface area contributed by atoms with Gasteiger partial charge in [0.1, 0.15) is 0 Å². The molecule has 1 rings (SSSR count). The lowest BCUT2D eigenvalue weighted by molar-refractivity contribution is 0.0345. The summed E-state index contributed by atoms with van der Waals surface area (Å²) >= 11 is 0. The van der Waals surface area contributed by atoms with Crippen LogP contribution in [-0.4, -0.2) is 18.8 Å². The van der Waals surface area contributed by atoms with Crippen LogP contribution in [0.25, 0.3) is 0 Å². The molecule has 0 saturated heterocycles. The molecule has 0 spiro atoms. The number of nitrogens with two attached hydrogens (primary N) is 1. The summed E-state index contributed by atoms with van der Waals surface area (Å²) in [6.07, 6.45) is 6.83. The zero-order chi connectivity index (χ0) is 11.3. The van der Waals surface area contributed by atoms with Crippen LogP contribution in [0.2, 0.25) is 0 Å². The molecule has 0 aromatic rings. The van der Waals surface area contributed by atoms with Crippen LogP contribution in [0.3, 0.4) is 0 Å². The van der Waals surface area contributed by atoms with Crippen LogP contribution in [0, 0.1) is 11.8 Å². The first-order valence-electron chi connectivity index (χ1n) is 6.46. The average Bonchev–Trinajstić information content (AvgIpc) is 2.65. The minimum absolute atomic E-state index is 0.266. The van der Waals surface area contributed by atoms with E-state index >= 15 is 0 Å². The largest absolute Gasteiger partial charge is 0.377 e. The Morgan fingerprint density at radius 3 is 2.33 bits per heavy atom. The lowest BCUT2D eigenvalue weighted by Crippen LogP contribution is -2.34. The van der Waals surface area contributed by atoms with E-state index in [1.54, 1.807) is 0 Å². The first-order valence-corrected chi connectivity index (χ1v) is 6.46. The van der Waals surface area contributed by atoms with Gasteiger partial charge in [-0.3, -0.25) is 0 Å². The maximum Gasteiger partial charge on any atom is 0.0623 e. The third-order valence-electron chi connectivity index (χ3n) is 3.38. The SMILES string of the molecule is CC(C)CC(C)OCC(N)C1CCCC1. The first kappa shape index (κ1) is 13.0. The van der Waals surface area contributed by atoms with E-state index in [0.717, 1.165) is 18.9 Å². The van der Waals surface area contributed by atoms with E-state index in [0.29, 0.717) is 12.0 Å². The van der Waals surface area contributed by atoms with Crippen molar-refractivity contribution in [2.75, 3.05) is 6.61 Å². The zero-order valence-electron chi connectivity index (χ0n) is 10.5. The Labute approximate surface area is 94.6 Å². The highest BCUT2D eigenvalue weighted by atomic mass is 16.5. The van der Waals surface area contributed by atoms with Crippen molar-refractivity contribution in [3.05, 3.63) is 0 Å². The fraction of sp³-hybridized carbons (Fsp3) is 1.00.